The Bertz CT molecular complexity index is 655. The molecule has 1 amide bonds. The number of nitrogens with zero attached hydrogens (tertiary/aromatic N) is 1. The average Bonchev–Trinajstić information content (AvgIpc) is 2.89. The lowest BCUT2D eigenvalue weighted by Crippen LogP contribution is -2.11. The summed E-state index contributed by atoms with van der Waals surface area (Å²) >= 11 is 1.03. The first-order chi connectivity index (χ1) is 10.6. The van der Waals surface area contributed by atoms with Gasteiger partial charge in [0, 0.05) is 31.5 Å². The van der Waals surface area contributed by atoms with Crippen molar-refractivity contribution in [3.05, 3.63) is 46.6 Å². The minimum absolute atomic E-state index is 0.161. The van der Waals surface area contributed by atoms with Crippen LogP contribution in [0.4, 0.5) is 5.00 Å². The van der Waals surface area contributed by atoms with E-state index in [1.165, 1.54) is 7.11 Å². The molecule has 0 unspecified atom stereocenters. The van der Waals surface area contributed by atoms with Gasteiger partial charge in [0.2, 0.25) is 5.91 Å². The number of nitrogens with one attached hydrogen (secondary N) is 1. The summed E-state index contributed by atoms with van der Waals surface area (Å²) in [7, 11) is 1.50. The van der Waals surface area contributed by atoms with E-state index in [4.69, 9.17) is 9.84 Å². The summed E-state index contributed by atoms with van der Waals surface area (Å²) in [6.45, 7) is 0.198. The molecule has 2 N–H and O–H groups in total. The fraction of sp³-hybridized carbons (Fsp3) is 0.267. The van der Waals surface area contributed by atoms with E-state index in [1.54, 1.807) is 18.5 Å². The molecule has 0 spiro atoms. The number of anilines is 1. The zero-order chi connectivity index (χ0) is 15.9. The third-order valence-electron chi connectivity index (χ3n) is 2.93. The van der Waals surface area contributed by atoms with Crippen LogP contribution >= 0.6 is 11.3 Å². The highest BCUT2D eigenvalue weighted by molar-refractivity contribution is 7.18. The maximum absolute atomic E-state index is 11.9. The van der Waals surface area contributed by atoms with Gasteiger partial charge in [0.05, 0.1) is 11.6 Å². The lowest BCUT2D eigenvalue weighted by molar-refractivity contribution is -0.116. The van der Waals surface area contributed by atoms with Gasteiger partial charge in [0.25, 0.3) is 0 Å². The molecule has 116 valence electrons. The molecule has 0 aliphatic rings. The molecule has 22 heavy (non-hydrogen) atoms. The van der Waals surface area contributed by atoms with Crippen molar-refractivity contribution in [3.8, 4) is 0 Å². The fourth-order valence-corrected chi connectivity index (χ4v) is 2.86. The Balaban J connectivity index is 1.96. The first-order valence-electron chi connectivity index (χ1n) is 6.64. The highest BCUT2D eigenvalue weighted by Crippen LogP contribution is 2.28. The number of rotatable bonds is 7. The number of aryl methyl sites for hydroxylation is 1. The van der Waals surface area contributed by atoms with Gasteiger partial charge in [-0.05, 0) is 24.1 Å². The number of hydrogen-bond acceptors (Lipinski definition) is 5. The monoisotopic (exact) mass is 320 g/mol. The number of thiophene rings is 1. The van der Waals surface area contributed by atoms with E-state index in [9.17, 15) is 9.59 Å². The van der Waals surface area contributed by atoms with Crippen LogP contribution in [0.5, 0.6) is 0 Å². The van der Waals surface area contributed by atoms with Gasteiger partial charge >= 0.3 is 5.97 Å². The second-order valence-corrected chi connectivity index (χ2v) is 5.66. The first-order valence-corrected chi connectivity index (χ1v) is 7.45. The molecule has 2 aromatic rings. The molecule has 7 heteroatoms. The number of carbonyl (C=O) groups excluding carboxylic acids is 1. The van der Waals surface area contributed by atoms with Crippen molar-refractivity contribution >= 4 is 28.2 Å². The summed E-state index contributed by atoms with van der Waals surface area (Å²) in [5.41, 5.74) is 1.54. The summed E-state index contributed by atoms with van der Waals surface area (Å²) in [6, 6.07) is 5.37. The van der Waals surface area contributed by atoms with Crippen molar-refractivity contribution in [2.24, 2.45) is 0 Å². The van der Waals surface area contributed by atoms with Gasteiger partial charge in [-0.15, -0.1) is 11.3 Å². The molecule has 2 aromatic heterocycles. The number of ether oxygens (including phenoxy) is 1. The molecule has 0 atom stereocenters. The van der Waals surface area contributed by atoms with Crippen LogP contribution in [-0.2, 0) is 22.6 Å². The molecule has 6 nitrogen and oxygen atoms in total. The summed E-state index contributed by atoms with van der Waals surface area (Å²) in [4.78, 5) is 27.2. The van der Waals surface area contributed by atoms with Gasteiger partial charge in [-0.1, -0.05) is 6.07 Å². The molecule has 2 heterocycles. The van der Waals surface area contributed by atoms with Crippen LogP contribution in [0, 0.1) is 0 Å². The maximum Gasteiger partial charge on any atom is 0.346 e. The molecular formula is C15H16N2O4S. The van der Waals surface area contributed by atoms with E-state index < -0.39 is 5.97 Å². The number of carboxylic acid groups (broad SMARTS) is 1. The Kier molecular flexibility index (Phi) is 5.62. The Morgan fingerprint density at radius 3 is 2.91 bits per heavy atom. The van der Waals surface area contributed by atoms with E-state index in [1.807, 2.05) is 12.1 Å². The minimum atomic E-state index is -1.02. The Labute approximate surface area is 131 Å². The van der Waals surface area contributed by atoms with Crippen molar-refractivity contribution in [2.75, 3.05) is 12.4 Å². The third kappa shape index (κ3) is 4.37. The summed E-state index contributed by atoms with van der Waals surface area (Å²) in [5, 5.41) is 12.4. The zero-order valence-corrected chi connectivity index (χ0v) is 12.9. The van der Waals surface area contributed by atoms with Crippen LogP contribution in [0.25, 0.3) is 0 Å². The second kappa shape index (κ2) is 7.67. The normalized spacial score (nSPS) is 10.4. The summed E-state index contributed by atoms with van der Waals surface area (Å²) < 4.78 is 4.97. The number of amides is 1. The predicted molar refractivity (Wildman–Crippen MR) is 83.2 cm³/mol. The number of aromatic carboxylic acids is 1. The van der Waals surface area contributed by atoms with Crippen molar-refractivity contribution in [1.82, 2.24) is 4.98 Å². The van der Waals surface area contributed by atoms with Crippen LogP contribution in [0.2, 0.25) is 0 Å². The largest absolute Gasteiger partial charge is 0.477 e. The van der Waals surface area contributed by atoms with Crippen LogP contribution in [0.15, 0.2) is 30.6 Å². The van der Waals surface area contributed by atoms with Crippen molar-refractivity contribution < 1.29 is 19.4 Å². The molecule has 0 aliphatic heterocycles. The van der Waals surface area contributed by atoms with Gasteiger partial charge in [0.1, 0.15) is 4.88 Å². The highest BCUT2D eigenvalue weighted by atomic mass is 32.1. The van der Waals surface area contributed by atoms with E-state index in [0.717, 1.165) is 16.9 Å². The van der Waals surface area contributed by atoms with Gasteiger partial charge in [-0.2, -0.15) is 0 Å². The number of hydrogen-bond donors (Lipinski definition) is 2. The van der Waals surface area contributed by atoms with E-state index in [2.05, 4.69) is 10.3 Å². The van der Waals surface area contributed by atoms with Gasteiger partial charge in [0.15, 0.2) is 0 Å². The fourth-order valence-electron chi connectivity index (χ4n) is 1.94. The average molecular weight is 320 g/mol. The summed E-state index contributed by atoms with van der Waals surface area (Å²) in [6.07, 6.45) is 4.30. The van der Waals surface area contributed by atoms with E-state index in [0.29, 0.717) is 23.4 Å². The molecular weight excluding hydrogens is 304 g/mol. The molecule has 0 aliphatic carbocycles. The van der Waals surface area contributed by atoms with Gasteiger partial charge < -0.3 is 15.2 Å². The molecule has 0 fully saturated rings. The number of aromatic nitrogens is 1. The van der Waals surface area contributed by atoms with Gasteiger partial charge in [-0.25, -0.2) is 4.79 Å². The van der Waals surface area contributed by atoms with Crippen LogP contribution < -0.4 is 5.32 Å². The molecule has 0 bridgehead atoms. The van der Waals surface area contributed by atoms with Crippen LogP contribution in [0.3, 0.4) is 0 Å². The molecule has 0 saturated heterocycles. The maximum atomic E-state index is 11.9. The molecule has 0 saturated carbocycles. The lowest BCUT2D eigenvalue weighted by Gasteiger charge is -2.02. The Morgan fingerprint density at radius 2 is 2.27 bits per heavy atom. The van der Waals surface area contributed by atoms with Crippen molar-refractivity contribution in [1.29, 1.82) is 0 Å². The van der Waals surface area contributed by atoms with Crippen molar-refractivity contribution in [2.45, 2.75) is 19.4 Å². The SMILES string of the molecule is COCc1cc(NC(=O)CCc2cccnc2)sc1C(=O)O. The smallest absolute Gasteiger partial charge is 0.346 e. The topological polar surface area (TPSA) is 88.5 Å². The Hall–Kier alpha value is -2.25. The van der Waals surface area contributed by atoms with E-state index >= 15 is 0 Å². The van der Waals surface area contributed by atoms with E-state index in [-0.39, 0.29) is 17.4 Å². The Morgan fingerprint density at radius 1 is 1.45 bits per heavy atom. The van der Waals surface area contributed by atoms with Crippen LogP contribution in [0.1, 0.15) is 27.2 Å². The quantitative estimate of drug-likeness (QED) is 0.818. The number of methoxy groups -OCH3 is 1. The van der Waals surface area contributed by atoms with Crippen molar-refractivity contribution in [3.63, 3.8) is 0 Å². The first kappa shape index (κ1) is 16.1. The number of carboxylic acids is 1. The highest BCUT2D eigenvalue weighted by Gasteiger charge is 2.16. The standard InChI is InChI=1S/C15H16N2O4S/c1-21-9-11-7-13(22-14(11)15(19)20)17-12(18)5-4-10-3-2-6-16-8-10/h2-3,6-8H,4-5,9H2,1H3,(H,17,18)(H,19,20). The molecule has 0 radical (unpaired) electrons. The zero-order valence-electron chi connectivity index (χ0n) is 12.0. The van der Waals surface area contributed by atoms with Gasteiger partial charge in [-0.3, -0.25) is 9.78 Å². The molecule has 2 rings (SSSR count). The minimum Gasteiger partial charge on any atom is -0.477 e. The number of carbonyl (C=O) groups is 2. The lowest BCUT2D eigenvalue weighted by atomic mass is 10.1. The summed E-state index contributed by atoms with van der Waals surface area (Å²) in [5.74, 6) is -1.18. The molecule has 0 aromatic carbocycles. The second-order valence-electron chi connectivity index (χ2n) is 4.61. The predicted octanol–water partition coefficient (Wildman–Crippen LogP) is 2.56. The third-order valence-corrected chi connectivity index (χ3v) is 4.01. The van der Waals surface area contributed by atoms with Crippen LogP contribution in [-0.4, -0.2) is 29.1 Å². The number of pyridine rings is 1.